The molecule has 3 heteroatoms. The number of nitrogens with one attached hydrogen (secondary N) is 1. The summed E-state index contributed by atoms with van der Waals surface area (Å²) in [5, 5.41) is 12.4. The maximum atomic E-state index is 12.4. The molecule has 1 aromatic rings. The highest BCUT2D eigenvalue weighted by Crippen LogP contribution is 2.16. The molecule has 0 aliphatic rings. The Bertz CT molecular complexity index is 597. The van der Waals surface area contributed by atoms with Crippen molar-refractivity contribution in [2.45, 2.75) is 19.8 Å². The van der Waals surface area contributed by atoms with Gasteiger partial charge >= 0.3 is 0 Å². The second kappa shape index (κ2) is 8.80. The summed E-state index contributed by atoms with van der Waals surface area (Å²) in [5.74, 6) is -0.843. The molecule has 1 rings (SSSR count). The van der Waals surface area contributed by atoms with Crippen molar-refractivity contribution in [3.8, 4) is 0 Å². The topological polar surface area (TPSA) is 49.3 Å². The van der Waals surface area contributed by atoms with Crippen LogP contribution in [0.2, 0.25) is 0 Å². The molecule has 1 aromatic carbocycles. The van der Waals surface area contributed by atoms with E-state index in [2.05, 4.69) is 18.5 Å². The molecule has 0 aromatic heterocycles. The van der Waals surface area contributed by atoms with E-state index in [0.29, 0.717) is 5.70 Å². The van der Waals surface area contributed by atoms with Crippen LogP contribution in [0.5, 0.6) is 0 Å². The molecule has 0 saturated heterocycles. The fourth-order valence-electron chi connectivity index (χ4n) is 1.97. The molecule has 1 unspecified atom stereocenters. The van der Waals surface area contributed by atoms with Crippen molar-refractivity contribution in [3.63, 3.8) is 0 Å². The number of allylic oxidation sites excluding steroid dienone is 5. The number of carbonyl (C=O) groups excluding carboxylic acids is 1. The molecule has 0 bridgehead atoms. The number of benzene rings is 1. The molecular weight excluding hydrogens is 274 g/mol. The largest absolute Gasteiger partial charge is 0.395 e. The average Bonchev–Trinajstić information content (AvgIpc) is 2.52. The SMILES string of the molecule is C=C/C(=C/C(=CC)NC(=O)C(CO)c1ccccc1)C(=C)C. The zero-order valence-electron chi connectivity index (χ0n) is 13.2. The van der Waals surface area contributed by atoms with Crippen LogP contribution < -0.4 is 5.32 Å². The number of hydrogen-bond donors (Lipinski definition) is 2. The van der Waals surface area contributed by atoms with Crippen LogP contribution in [0.4, 0.5) is 0 Å². The van der Waals surface area contributed by atoms with Gasteiger partial charge in [-0.3, -0.25) is 4.79 Å². The molecule has 0 spiro atoms. The first-order valence-electron chi connectivity index (χ1n) is 7.16. The van der Waals surface area contributed by atoms with Gasteiger partial charge < -0.3 is 10.4 Å². The van der Waals surface area contributed by atoms with E-state index in [4.69, 9.17) is 0 Å². The summed E-state index contributed by atoms with van der Waals surface area (Å²) >= 11 is 0. The highest BCUT2D eigenvalue weighted by Gasteiger charge is 2.19. The van der Waals surface area contributed by atoms with Gasteiger partial charge in [0, 0.05) is 5.70 Å². The molecule has 3 nitrogen and oxygen atoms in total. The second-order valence-electron chi connectivity index (χ2n) is 4.96. The van der Waals surface area contributed by atoms with Crippen molar-refractivity contribution in [1.82, 2.24) is 5.32 Å². The maximum absolute atomic E-state index is 12.4. The van der Waals surface area contributed by atoms with Gasteiger partial charge in [-0.05, 0) is 31.1 Å². The standard InChI is InChI=1S/C19H23NO2/c1-5-15(14(3)4)12-17(6-2)20-19(22)18(13-21)16-10-8-7-9-11-16/h5-12,18,21H,1,3,13H2,2,4H3,(H,20,22)/b15-12-,17-6?. The second-order valence-corrected chi connectivity index (χ2v) is 4.96. The van der Waals surface area contributed by atoms with E-state index in [0.717, 1.165) is 16.7 Å². The number of carbonyl (C=O) groups is 1. The minimum absolute atomic E-state index is 0.245. The Balaban J connectivity index is 2.93. The summed E-state index contributed by atoms with van der Waals surface area (Å²) in [6.45, 7) is 11.1. The molecule has 0 radical (unpaired) electrons. The molecule has 0 aliphatic carbocycles. The first-order chi connectivity index (χ1) is 10.5. The van der Waals surface area contributed by atoms with E-state index < -0.39 is 5.92 Å². The van der Waals surface area contributed by atoms with Gasteiger partial charge in [0.15, 0.2) is 0 Å². The number of aliphatic hydroxyl groups is 1. The van der Waals surface area contributed by atoms with E-state index in [9.17, 15) is 9.90 Å². The lowest BCUT2D eigenvalue weighted by Crippen LogP contribution is -2.30. The maximum Gasteiger partial charge on any atom is 0.234 e. The van der Waals surface area contributed by atoms with Gasteiger partial charge in [-0.25, -0.2) is 0 Å². The monoisotopic (exact) mass is 297 g/mol. The Morgan fingerprint density at radius 3 is 2.45 bits per heavy atom. The summed E-state index contributed by atoms with van der Waals surface area (Å²) in [5.41, 5.74) is 3.15. The minimum atomic E-state index is -0.596. The van der Waals surface area contributed by atoms with Crippen molar-refractivity contribution < 1.29 is 9.90 Å². The molecule has 22 heavy (non-hydrogen) atoms. The molecular formula is C19H23NO2. The van der Waals surface area contributed by atoms with Crippen LogP contribution in [0, 0.1) is 0 Å². The third-order valence-corrected chi connectivity index (χ3v) is 3.30. The Labute approximate surface area is 132 Å². The van der Waals surface area contributed by atoms with Gasteiger partial charge in [0.05, 0.1) is 12.5 Å². The molecule has 0 aliphatic heterocycles. The van der Waals surface area contributed by atoms with Crippen molar-refractivity contribution >= 4 is 5.91 Å². The van der Waals surface area contributed by atoms with Gasteiger partial charge in [0.1, 0.15) is 0 Å². The highest BCUT2D eigenvalue weighted by atomic mass is 16.3. The van der Waals surface area contributed by atoms with Gasteiger partial charge in [-0.1, -0.05) is 61.2 Å². The molecule has 0 saturated carbocycles. The molecule has 1 atom stereocenters. The van der Waals surface area contributed by atoms with E-state index in [1.165, 1.54) is 0 Å². The van der Waals surface area contributed by atoms with Crippen LogP contribution in [-0.2, 0) is 4.79 Å². The number of aliphatic hydroxyl groups excluding tert-OH is 1. The zero-order chi connectivity index (χ0) is 16.5. The van der Waals surface area contributed by atoms with Crippen LogP contribution in [-0.4, -0.2) is 17.6 Å². The Hall–Kier alpha value is -2.39. The lowest BCUT2D eigenvalue weighted by molar-refractivity contribution is -0.122. The van der Waals surface area contributed by atoms with Gasteiger partial charge in [0.2, 0.25) is 5.91 Å². The first kappa shape index (κ1) is 17.7. The van der Waals surface area contributed by atoms with Crippen LogP contribution in [0.1, 0.15) is 25.3 Å². The van der Waals surface area contributed by atoms with E-state index >= 15 is 0 Å². The van der Waals surface area contributed by atoms with Crippen LogP contribution in [0.3, 0.4) is 0 Å². The lowest BCUT2D eigenvalue weighted by atomic mass is 9.99. The summed E-state index contributed by atoms with van der Waals surface area (Å²) in [6.07, 6.45) is 5.30. The smallest absolute Gasteiger partial charge is 0.234 e. The predicted octanol–water partition coefficient (Wildman–Crippen LogP) is 3.47. The van der Waals surface area contributed by atoms with Crippen molar-refractivity contribution in [1.29, 1.82) is 0 Å². The normalized spacial score (nSPS) is 13.4. The average molecular weight is 297 g/mol. The number of hydrogen-bond acceptors (Lipinski definition) is 2. The van der Waals surface area contributed by atoms with Crippen molar-refractivity contribution in [2.24, 2.45) is 0 Å². The van der Waals surface area contributed by atoms with Crippen LogP contribution >= 0.6 is 0 Å². The molecule has 2 N–H and O–H groups in total. The van der Waals surface area contributed by atoms with Gasteiger partial charge in [-0.2, -0.15) is 0 Å². The first-order valence-corrected chi connectivity index (χ1v) is 7.16. The lowest BCUT2D eigenvalue weighted by Gasteiger charge is -2.15. The third kappa shape index (κ3) is 4.86. The fraction of sp³-hybridized carbons (Fsp3) is 0.211. The molecule has 1 amide bonds. The molecule has 0 fully saturated rings. The van der Waals surface area contributed by atoms with Crippen molar-refractivity contribution in [2.75, 3.05) is 6.61 Å². The zero-order valence-corrected chi connectivity index (χ0v) is 13.2. The van der Waals surface area contributed by atoms with E-state index in [-0.39, 0.29) is 12.5 Å². The molecule has 116 valence electrons. The van der Waals surface area contributed by atoms with E-state index in [1.54, 1.807) is 12.2 Å². The number of rotatable bonds is 7. The summed E-state index contributed by atoms with van der Waals surface area (Å²) in [4.78, 5) is 12.4. The quantitative estimate of drug-likeness (QED) is 0.757. The number of amides is 1. The van der Waals surface area contributed by atoms with Gasteiger partial charge in [-0.15, -0.1) is 0 Å². The van der Waals surface area contributed by atoms with Crippen molar-refractivity contribution in [3.05, 3.63) is 84.1 Å². The van der Waals surface area contributed by atoms with Crippen LogP contribution in [0.15, 0.2) is 78.6 Å². The Morgan fingerprint density at radius 1 is 1.36 bits per heavy atom. The summed E-state index contributed by atoms with van der Waals surface area (Å²) in [7, 11) is 0. The van der Waals surface area contributed by atoms with Crippen LogP contribution in [0.25, 0.3) is 0 Å². The highest BCUT2D eigenvalue weighted by molar-refractivity contribution is 5.85. The summed E-state index contributed by atoms with van der Waals surface area (Å²) < 4.78 is 0. The molecule has 0 heterocycles. The predicted molar refractivity (Wildman–Crippen MR) is 91.3 cm³/mol. The van der Waals surface area contributed by atoms with E-state index in [1.807, 2.05) is 50.3 Å². The minimum Gasteiger partial charge on any atom is -0.395 e. The Morgan fingerprint density at radius 2 is 2.00 bits per heavy atom. The van der Waals surface area contributed by atoms with Gasteiger partial charge in [0.25, 0.3) is 0 Å². The third-order valence-electron chi connectivity index (χ3n) is 3.30. The fourth-order valence-corrected chi connectivity index (χ4v) is 1.97. The summed E-state index contributed by atoms with van der Waals surface area (Å²) in [6, 6.07) is 9.22. The Kier molecular flexibility index (Phi) is 7.06.